The number of nitriles is 1. The van der Waals surface area contributed by atoms with E-state index in [2.05, 4.69) is 14.4 Å². The maximum atomic E-state index is 8.60. The number of fused-ring (bicyclic) bond motifs is 1. The molecular weight excluding hydrogens is 169 g/mol. The third kappa shape index (κ3) is 0.975. The molecule has 0 N–H and O–H groups in total. The molecule has 0 saturated carbocycles. The Morgan fingerprint density at radius 1 is 1.58 bits per heavy atom. The minimum absolute atomic E-state index is 0.596. The molecule has 2 aromatic rings. The Bertz CT molecular complexity index is 467. The minimum Gasteiger partial charge on any atom is -0.317 e. The van der Waals surface area contributed by atoms with E-state index in [4.69, 9.17) is 5.26 Å². The first-order valence-corrected chi connectivity index (χ1v) is 3.95. The number of pyridine rings is 1. The number of hydrogen-bond donors (Lipinski definition) is 0. The van der Waals surface area contributed by atoms with Gasteiger partial charge in [-0.05, 0) is 21.5 Å². The first kappa shape index (κ1) is 7.27. The summed E-state index contributed by atoms with van der Waals surface area (Å²) in [5.74, 6) is 0. The summed E-state index contributed by atoms with van der Waals surface area (Å²) in [6.45, 7) is 0. The van der Waals surface area contributed by atoms with E-state index in [9.17, 15) is 0 Å². The topological polar surface area (TPSA) is 41.6 Å². The number of hydrogen-bond acceptors (Lipinski definition) is 2. The molecule has 0 aromatic carbocycles. The first-order chi connectivity index (χ1) is 5.81. The van der Waals surface area contributed by atoms with Crippen LogP contribution in [0.3, 0.4) is 0 Å². The van der Waals surface area contributed by atoms with Crippen LogP contribution in [0.2, 0.25) is 0 Å². The molecule has 1 unspecified atom stereocenters. The van der Waals surface area contributed by atoms with E-state index < -0.39 is 0 Å². The fourth-order valence-electron chi connectivity index (χ4n) is 1.11. The summed E-state index contributed by atoms with van der Waals surface area (Å²) in [5.41, 5.74) is 1.47. The van der Waals surface area contributed by atoms with Gasteiger partial charge in [0.2, 0.25) is 0 Å². The highest BCUT2D eigenvalue weighted by molar-refractivity contribution is 7.14. The lowest BCUT2D eigenvalue weighted by atomic mass is 10.2. The van der Waals surface area contributed by atoms with Crippen LogP contribution in [0.4, 0.5) is 0 Å². The Morgan fingerprint density at radius 3 is 3.17 bits per heavy atom. The zero-order valence-electron chi connectivity index (χ0n) is 6.23. The van der Waals surface area contributed by atoms with Gasteiger partial charge in [0.15, 0.2) is 0 Å². The van der Waals surface area contributed by atoms with Crippen molar-refractivity contribution >= 4 is 20.4 Å². The van der Waals surface area contributed by atoms with Gasteiger partial charge in [-0.1, -0.05) is 0 Å². The fraction of sp³-hybridized carbons (Fsp3) is 0. The average molecular weight is 175 g/mol. The summed E-state index contributed by atoms with van der Waals surface area (Å²) >= 11 is 0. The van der Waals surface area contributed by atoms with E-state index in [-0.39, 0.29) is 0 Å². The van der Waals surface area contributed by atoms with Gasteiger partial charge < -0.3 is 4.34 Å². The van der Waals surface area contributed by atoms with Crippen molar-refractivity contribution in [3.8, 4) is 6.07 Å². The van der Waals surface area contributed by atoms with E-state index in [1.165, 1.54) is 0 Å². The van der Waals surface area contributed by atoms with E-state index >= 15 is 0 Å². The Kier molecular flexibility index (Phi) is 1.56. The fourth-order valence-corrected chi connectivity index (χ4v) is 1.41. The van der Waals surface area contributed by atoms with E-state index in [1.807, 2.05) is 28.7 Å². The van der Waals surface area contributed by atoms with Gasteiger partial charge >= 0.3 is 0 Å². The Hall–Kier alpha value is -1.39. The highest BCUT2D eigenvalue weighted by Crippen LogP contribution is 2.15. The summed E-state index contributed by atoms with van der Waals surface area (Å²) in [6, 6.07) is 5.80. The molecule has 0 aliphatic heterocycles. The molecule has 3 nitrogen and oxygen atoms in total. The molecule has 2 heterocycles. The van der Waals surface area contributed by atoms with Gasteiger partial charge in [0.1, 0.15) is 11.7 Å². The molecular formula is C8H6N3P. The lowest BCUT2D eigenvalue weighted by Gasteiger charge is -1.93. The Morgan fingerprint density at radius 2 is 2.42 bits per heavy atom. The molecule has 2 aromatic heterocycles. The summed E-state index contributed by atoms with van der Waals surface area (Å²) in [4.78, 5) is 4.13. The van der Waals surface area contributed by atoms with Crippen LogP contribution >= 0.6 is 9.39 Å². The lowest BCUT2D eigenvalue weighted by Crippen LogP contribution is -1.82. The van der Waals surface area contributed by atoms with Gasteiger partial charge in [-0.3, -0.25) is 0 Å². The minimum atomic E-state index is 0.596. The lowest BCUT2D eigenvalue weighted by molar-refractivity contribution is 1.25. The van der Waals surface area contributed by atoms with Gasteiger partial charge in [-0.15, -0.1) is 0 Å². The largest absolute Gasteiger partial charge is 0.317 e. The van der Waals surface area contributed by atoms with Crippen LogP contribution in [-0.4, -0.2) is 9.32 Å². The predicted octanol–water partition coefficient (Wildman–Crippen LogP) is 1.55. The maximum absolute atomic E-state index is 8.60. The van der Waals surface area contributed by atoms with Crippen LogP contribution in [0.15, 0.2) is 24.5 Å². The van der Waals surface area contributed by atoms with E-state index in [1.54, 1.807) is 6.20 Å². The monoisotopic (exact) mass is 175 g/mol. The van der Waals surface area contributed by atoms with Crippen molar-refractivity contribution < 1.29 is 0 Å². The van der Waals surface area contributed by atoms with Gasteiger partial charge in [0, 0.05) is 17.8 Å². The summed E-state index contributed by atoms with van der Waals surface area (Å²) in [7, 11) is 2.53. The van der Waals surface area contributed by atoms with Crippen molar-refractivity contribution in [3.63, 3.8) is 0 Å². The SMILES string of the molecule is N#Cc1cnc2c(ccn2P)c1. The molecule has 12 heavy (non-hydrogen) atoms. The van der Waals surface area contributed by atoms with Crippen LogP contribution in [-0.2, 0) is 0 Å². The zero-order valence-corrected chi connectivity index (χ0v) is 7.38. The van der Waals surface area contributed by atoms with Crippen LogP contribution < -0.4 is 0 Å². The van der Waals surface area contributed by atoms with Crippen molar-refractivity contribution in [1.82, 2.24) is 9.32 Å². The highest BCUT2D eigenvalue weighted by Gasteiger charge is 1.99. The second-order valence-electron chi connectivity index (χ2n) is 2.47. The molecule has 0 fully saturated rings. The Balaban J connectivity index is 2.80. The van der Waals surface area contributed by atoms with Gasteiger partial charge in [0.05, 0.1) is 5.56 Å². The van der Waals surface area contributed by atoms with Crippen molar-refractivity contribution in [2.24, 2.45) is 0 Å². The van der Waals surface area contributed by atoms with Gasteiger partial charge in [0.25, 0.3) is 0 Å². The molecule has 58 valence electrons. The number of rotatable bonds is 0. The standard InChI is InChI=1S/C8H6N3P/c9-4-6-3-7-1-2-11(12)8(7)10-5-6/h1-3,5H,12H2. The molecule has 1 atom stereocenters. The van der Waals surface area contributed by atoms with Gasteiger partial charge in [-0.2, -0.15) is 5.26 Å². The van der Waals surface area contributed by atoms with E-state index in [0.29, 0.717) is 5.56 Å². The van der Waals surface area contributed by atoms with Crippen LogP contribution in [0.1, 0.15) is 5.56 Å². The molecule has 0 radical (unpaired) electrons. The molecule has 0 bridgehead atoms. The molecule has 0 aliphatic carbocycles. The molecule has 2 rings (SSSR count). The van der Waals surface area contributed by atoms with Crippen LogP contribution in [0.5, 0.6) is 0 Å². The predicted molar refractivity (Wildman–Crippen MR) is 49.6 cm³/mol. The van der Waals surface area contributed by atoms with Crippen molar-refractivity contribution in [2.45, 2.75) is 0 Å². The number of aromatic nitrogens is 2. The molecule has 0 aliphatic rings. The smallest absolute Gasteiger partial charge is 0.142 e. The Labute approximate surface area is 71.9 Å². The summed E-state index contributed by atoms with van der Waals surface area (Å²) in [5, 5.41) is 9.59. The van der Waals surface area contributed by atoms with Crippen LogP contribution in [0, 0.1) is 11.3 Å². The van der Waals surface area contributed by atoms with Gasteiger partial charge in [-0.25, -0.2) is 4.98 Å². The number of nitrogens with zero attached hydrogens (tertiary/aromatic N) is 3. The highest BCUT2D eigenvalue weighted by atomic mass is 31.0. The second-order valence-corrected chi connectivity index (χ2v) is 3.03. The van der Waals surface area contributed by atoms with Crippen molar-refractivity contribution in [1.29, 1.82) is 5.26 Å². The summed E-state index contributed by atoms with van der Waals surface area (Å²) < 4.78 is 1.84. The molecule has 0 spiro atoms. The van der Waals surface area contributed by atoms with Crippen molar-refractivity contribution in [2.75, 3.05) is 0 Å². The normalized spacial score (nSPS) is 10.0. The quantitative estimate of drug-likeness (QED) is 0.570. The zero-order chi connectivity index (χ0) is 8.55. The molecule has 0 saturated heterocycles. The molecule has 4 heteroatoms. The molecule has 0 amide bonds. The maximum Gasteiger partial charge on any atom is 0.142 e. The van der Waals surface area contributed by atoms with E-state index in [0.717, 1.165) is 11.0 Å². The first-order valence-electron chi connectivity index (χ1n) is 3.43. The third-order valence-electron chi connectivity index (χ3n) is 1.68. The van der Waals surface area contributed by atoms with Crippen LogP contribution in [0.25, 0.3) is 11.0 Å². The third-order valence-corrected chi connectivity index (χ3v) is 2.10. The second kappa shape index (κ2) is 2.58. The average Bonchev–Trinajstić information content (AvgIpc) is 2.47. The summed E-state index contributed by atoms with van der Waals surface area (Å²) in [6.07, 6.45) is 3.46. The van der Waals surface area contributed by atoms with Crippen molar-refractivity contribution in [3.05, 3.63) is 30.1 Å².